The molecule has 0 unspecified atom stereocenters. The van der Waals surface area contributed by atoms with Crippen LogP contribution in [-0.2, 0) is 4.79 Å². The summed E-state index contributed by atoms with van der Waals surface area (Å²) >= 11 is 0. The number of carbonyl (C=O) groups is 2. The Balaban J connectivity index is 1.86. The SMILES string of the molecule is C[C@H]1CCC[C@@H](C)N(C(=O)CCOc2cccc(C(N)=O)c2)C1. The van der Waals surface area contributed by atoms with Crippen LogP contribution in [0.1, 0.15) is 49.9 Å². The second-order valence-electron chi connectivity index (χ2n) is 6.42. The summed E-state index contributed by atoms with van der Waals surface area (Å²) in [6, 6.07) is 7.01. The van der Waals surface area contributed by atoms with Crippen LogP contribution in [0, 0.1) is 5.92 Å². The van der Waals surface area contributed by atoms with E-state index >= 15 is 0 Å². The molecule has 1 aliphatic rings. The standard InChI is InChI=1S/C18H26N2O3/c1-13-5-3-6-14(2)20(12-13)17(21)9-10-23-16-8-4-7-15(11-16)18(19)22/h4,7-8,11,13-14H,3,5-6,9-10,12H2,1-2H3,(H2,19,22)/t13-,14+/m0/s1. The normalized spacial score (nSPS) is 21.6. The topological polar surface area (TPSA) is 72.6 Å². The van der Waals surface area contributed by atoms with Gasteiger partial charge in [-0.05, 0) is 43.9 Å². The minimum Gasteiger partial charge on any atom is -0.493 e. The molecule has 1 aromatic rings. The molecule has 0 aromatic heterocycles. The molecular formula is C18H26N2O3. The maximum Gasteiger partial charge on any atom is 0.248 e. The minimum absolute atomic E-state index is 0.136. The number of primary amides is 1. The number of nitrogens with zero attached hydrogens (tertiary/aromatic N) is 1. The number of hydrogen-bond donors (Lipinski definition) is 1. The van der Waals surface area contributed by atoms with Crippen molar-refractivity contribution in [1.82, 2.24) is 4.90 Å². The van der Waals surface area contributed by atoms with Crippen LogP contribution < -0.4 is 10.5 Å². The molecule has 5 nitrogen and oxygen atoms in total. The molecule has 1 heterocycles. The highest BCUT2D eigenvalue weighted by Gasteiger charge is 2.24. The van der Waals surface area contributed by atoms with Gasteiger partial charge < -0.3 is 15.4 Å². The van der Waals surface area contributed by atoms with Crippen LogP contribution in [0.3, 0.4) is 0 Å². The molecule has 1 saturated heterocycles. The maximum absolute atomic E-state index is 12.4. The lowest BCUT2D eigenvalue weighted by atomic mass is 10.1. The minimum atomic E-state index is -0.487. The smallest absolute Gasteiger partial charge is 0.248 e. The molecule has 1 aromatic carbocycles. The first-order valence-electron chi connectivity index (χ1n) is 8.29. The van der Waals surface area contributed by atoms with Crippen molar-refractivity contribution in [1.29, 1.82) is 0 Å². The predicted octanol–water partition coefficient (Wildman–Crippen LogP) is 2.59. The van der Waals surface area contributed by atoms with Gasteiger partial charge in [0, 0.05) is 18.2 Å². The molecule has 0 spiro atoms. The quantitative estimate of drug-likeness (QED) is 0.907. The second-order valence-corrected chi connectivity index (χ2v) is 6.42. The van der Waals surface area contributed by atoms with Gasteiger partial charge in [-0.3, -0.25) is 9.59 Å². The lowest BCUT2D eigenvalue weighted by Crippen LogP contribution is -2.40. The summed E-state index contributed by atoms with van der Waals surface area (Å²) < 4.78 is 5.60. The summed E-state index contributed by atoms with van der Waals surface area (Å²) in [5, 5.41) is 0. The van der Waals surface area contributed by atoms with Gasteiger partial charge in [0.1, 0.15) is 5.75 Å². The Labute approximate surface area is 137 Å². The fourth-order valence-corrected chi connectivity index (χ4v) is 3.01. The number of amides is 2. The zero-order valence-corrected chi connectivity index (χ0v) is 14.0. The van der Waals surface area contributed by atoms with Gasteiger partial charge in [-0.2, -0.15) is 0 Å². The summed E-state index contributed by atoms with van der Waals surface area (Å²) in [4.78, 5) is 25.6. The van der Waals surface area contributed by atoms with Gasteiger partial charge in [-0.25, -0.2) is 0 Å². The van der Waals surface area contributed by atoms with Gasteiger partial charge >= 0.3 is 0 Å². The first-order chi connectivity index (χ1) is 11.0. The maximum atomic E-state index is 12.4. The van der Waals surface area contributed by atoms with E-state index < -0.39 is 5.91 Å². The Kier molecular flexibility index (Phi) is 6.02. The van der Waals surface area contributed by atoms with Gasteiger partial charge in [0.2, 0.25) is 11.8 Å². The van der Waals surface area contributed by atoms with Crippen molar-refractivity contribution < 1.29 is 14.3 Å². The zero-order valence-electron chi connectivity index (χ0n) is 14.0. The lowest BCUT2D eigenvalue weighted by Gasteiger charge is -2.28. The molecule has 1 aliphatic heterocycles. The summed E-state index contributed by atoms with van der Waals surface area (Å²) in [6.07, 6.45) is 3.78. The number of rotatable bonds is 5. The van der Waals surface area contributed by atoms with Crippen molar-refractivity contribution in [3.63, 3.8) is 0 Å². The number of carbonyl (C=O) groups excluding carboxylic acids is 2. The molecule has 2 atom stereocenters. The molecule has 2 N–H and O–H groups in total. The van der Waals surface area contributed by atoms with Crippen LogP contribution in [0.4, 0.5) is 0 Å². The third-order valence-electron chi connectivity index (χ3n) is 4.38. The fourth-order valence-electron chi connectivity index (χ4n) is 3.01. The highest BCUT2D eigenvalue weighted by Crippen LogP contribution is 2.21. The summed E-state index contributed by atoms with van der Waals surface area (Å²) in [5.41, 5.74) is 5.65. The van der Waals surface area contributed by atoms with Crippen LogP contribution in [0.15, 0.2) is 24.3 Å². The molecule has 1 fully saturated rings. The second kappa shape index (κ2) is 7.99. The highest BCUT2D eigenvalue weighted by atomic mass is 16.5. The third kappa shape index (κ3) is 4.98. The van der Waals surface area contributed by atoms with E-state index in [1.54, 1.807) is 24.3 Å². The van der Waals surface area contributed by atoms with Gasteiger partial charge in [0.15, 0.2) is 0 Å². The van der Waals surface area contributed by atoms with Crippen molar-refractivity contribution in [2.75, 3.05) is 13.2 Å². The molecule has 23 heavy (non-hydrogen) atoms. The monoisotopic (exact) mass is 318 g/mol. The van der Waals surface area contributed by atoms with Gasteiger partial charge in [-0.15, -0.1) is 0 Å². The van der Waals surface area contributed by atoms with Crippen LogP contribution >= 0.6 is 0 Å². The zero-order chi connectivity index (χ0) is 16.8. The molecule has 126 valence electrons. The molecule has 5 heteroatoms. The lowest BCUT2D eigenvalue weighted by molar-refractivity contribution is -0.134. The van der Waals surface area contributed by atoms with E-state index in [-0.39, 0.29) is 5.91 Å². The van der Waals surface area contributed by atoms with Gasteiger partial charge in [0.05, 0.1) is 13.0 Å². The average molecular weight is 318 g/mol. The number of hydrogen-bond acceptors (Lipinski definition) is 3. The van der Waals surface area contributed by atoms with E-state index in [2.05, 4.69) is 13.8 Å². The van der Waals surface area contributed by atoms with E-state index in [0.717, 1.165) is 13.0 Å². The van der Waals surface area contributed by atoms with Crippen molar-refractivity contribution in [3.05, 3.63) is 29.8 Å². The summed E-state index contributed by atoms with van der Waals surface area (Å²) in [6.45, 7) is 5.45. The average Bonchev–Trinajstić information content (AvgIpc) is 2.68. The van der Waals surface area contributed by atoms with Gasteiger partial charge in [0.25, 0.3) is 0 Å². The Morgan fingerprint density at radius 3 is 2.83 bits per heavy atom. The van der Waals surface area contributed by atoms with Crippen molar-refractivity contribution in [3.8, 4) is 5.75 Å². The fraction of sp³-hybridized carbons (Fsp3) is 0.556. The van der Waals surface area contributed by atoms with Crippen molar-refractivity contribution in [2.45, 2.75) is 45.6 Å². The molecule has 0 saturated carbocycles. The number of likely N-dealkylation sites (tertiary alicyclic amines) is 1. The van der Waals surface area contributed by atoms with Crippen LogP contribution in [0.2, 0.25) is 0 Å². The van der Waals surface area contributed by atoms with E-state index in [9.17, 15) is 9.59 Å². The summed E-state index contributed by atoms with van der Waals surface area (Å²) in [5.74, 6) is 0.764. The third-order valence-corrected chi connectivity index (χ3v) is 4.38. The Morgan fingerprint density at radius 1 is 1.30 bits per heavy atom. The van der Waals surface area contributed by atoms with Crippen molar-refractivity contribution in [2.24, 2.45) is 11.7 Å². The van der Waals surface area contributed by atoms with Crippen LogP contribution in [-0.4, -0.2) is 35.9 Å². The van der Waals surface area contributed by atoms with Crippen LogP contribution in [0.25, 0.3) is 0 Å². The molecule has 0 bridgehead atoms. The van der Waals surface area contributed by atoms with Crippen molar-refractivity contribution >= 4 is 11.8 Å². The molecule has 0 radical (unpaired) electrons. The molecule has 0 aliphatic carbocycles. The van der Waals surface area contributed by atoms with Crippen LogP contribution in [0.5, 0.6) is 5.75 Å². The largest absolute Gasteiger partial charge is 0.493 e. The molecule has 2 rings (SSSR count). The first kappa shape index (κ1) is 17.3. The predicted molar refractivity (Wildman–Crippen MR) is 89.3 cm³/mol. The van der Waals surface area contributed by atoms with Gasteiger partial charge in [-0.1, -0.05) is 19.4 Å². The van der Waals surface area contributed by atoms with E-state index in [1.807, 2.05) is 4.90 Å². The Hall–Kier alpha value is -2.04. The van der Waals surface area contributed by atoms with E-state index in [1.165, 1.54) is 12.8 Å². The first-order valence-corrected chi connectivity index (χ1v) is 8.29. The number of nitrogens with two attached hydrogens (primary N) is 1. The molecular weight excluding hydrogens is 292 g/mol. The number of ether oxygens (including phenoxy) is 1. The van der Waals surface area contributed by atoms with E-state index in [0.29, 0.717) is 36.3 Å². The highest BCUT2D eigenvalue weighted by molar-refractivity contribution is 5.93. The van der Waals surface area contributed by atoms with E-state index in [4.69, 9.17) is 10.5 Å². The Morgan fingerprint density at radius 2 is 2.09 bits per heavy atom. The number of benzene rings is 1. The Bertz CT molecular complexity index is 559. The molecule has 2 amide bonds. The summed E-state index contributed by atoms with van der Waals surface area (Å²) in [7, 11) is 0.